The lowest BCUT2D eigenvalue weighted by Gasteiger charge is -2.36. The zero-order chi connectivity index (χ0) is 26.6. The number of fused-ring (bicyclic) bond motifs is 2. The third-order valence-electron chi connectivity index (χ3n) is 7.24. The number of benzene rings is 3. The van der Waals surface area contributed by atoms with Crippen molar-refractivity contribution in [3.05, 3.63) is 89.3 Å². The minimum absolute atomic E-state index is 0.0787. The van der Waals surface area contributed by atoms with Gasteiger partial charge in [-0.05, 0) is 43.3 Å². The van der Waals surface area contributed by atoms with Crippen LogP contribution >= 0.6 is 0 Å². The fourth-order valence-corrected chi connectivity index (χ4v) is 5.16. The number of amides is 1. The number of aromatic nitrogens is 4. The molecule has 0 bridgehead atoms. The van der Waals surface area contributed by atoms with Crippen molar-refractivity contribution in [3.8, 4) is 0 Å². The van der Waals surface area contributed by atoms with E-state index in [-0.39, 0.29) is 28.7 Å². The molecule has 3 heterocycles. The van der Waals surface area contributed by atoms with Gasteiger partial charge in [0.2, 0.25) is 0 Å². The third-order valence-corrected chi connectivity index (χ3v) is 7.24. The van der Waals surface area contributed by atoms with Crippen LogP contribution < -0.4 is 4.90 Å². The molecule has 0 saturated carbocycles. The number of imidazole rings is 2. The molecule has 0 radical (unpaired) electrons. The van der Waals surface area contributed by atoms with Crippen LogP contribution in [0.1, 0.15) is 34.8 Å². The van der Waals surface area contributed by atoms with Gasteiger partial charge in [-0.3, -0.25) is 4.79 Å². The number of carbonyl (C=O) groups excluding carboxylic acids is 1. The second-order valence-electron chi connectivity index (χ2n) is 9.59. The summed E-state index contributed by atoms with van der Waals surface area (Å²) in [5, 5.41) is 0. The molecule has 1 N–H and O–H groups in total. The third kappa shape index (κ3) is 4.06. The van der Waals surface area contributed by atoms with Crippen molar-refractivity contribution in [1.82, 2.24) is 24.4 Å². The number of piperazine rings is 1. The lowest BCUT2D eigenvalue weighted by molar-refractivity contribution is 0.0747. The summed E-state index contributed by atoms with van der Waals surface area (Å²) in [6.45, 7) is 3.95. The van der Waals surface area contributed by atoms with E-state index in [0.717, 1.165) is 11.6 Å². The zero-order valence-corrected chi connectivity index (χ0v) is 20.9. The maximum Gasteiger partial charge on any atom is 0.254 e. The predicted octanol–water partition coefficient (Wildman–Crippen LogP) is 4.98. The lowest BCUT2D eigenvalue weighted by Crippen LogP contribution is -2.49. The minimum atomic E-state index is -0.724. The smallest absolute Gasteiger partial charge is 0.254 e. The van der Waals surface area contributed by atoms with Crippen molar-refractivity contribution in [2.45, 2.75) is 12.8 Å². The molecule has 1 fully saturated rings. The summed E-state index contributed by atoms with van der Waals surface area (Å²) >= 11 is 0. The molecule has 1 aliphatic heterocycles. The van der Waals surface area contributed by atoms with Crippen LogP contribution in [0.4, 0.5) is 18.9 Å². The zero-order valence-electron chi connectivity index (χ0n) is 20.9. The summed E-state index contributed by atoms with van der Waals surface area (Å²) in [4.78, 5) is 29.1. The number of rotatable bonds is 4. The average Bonchev–Trinajstić information content (AvgIpc) is 3.49. The van der Waals surface area contributed by atoms with Crippen molar-refractivity contribution in [3.63, 3.8) is 0 Å². The van der Waals surface area contributed by atoms with Gasteiger partial charge >= 0.3 is 0 Å². The van der Waals surface area contributed by atoms with E-state index in [4.69, 9.17) is 4.98 Å². The van der Waals surface area contributed by atoms with Crippen molar-refractivity contribution in [2.24, 2.45) is 7.05 Å². The van der Waals surface area contributed by atoms with Crippen LogP contribution in [-0.2, 0) is 7.05 Å². The first kappa shape index (κ1) is 24.0. The summed E-state index contributed by atoms with van der Waals surface area (Å²) in [7, 11) is 1.85. The highest BCUT2D eigenvalue weighted by Gasteiger charge is 2.25. The molecular formula is C28H25F3N6O. The highest BCUT2D eigenvalue weighted by molar-refractivity contribution is 5.97. The standard InChI is InChI=1S/C28H25F3N6O/c1-16(26-32-22-15-18(29)14-20(31)25(22)34-26)27-33-21-8-7-17(13-24(21)35(27)2)28(38)37-11-9-36(10-12-37)23-6-4-3-5-19(23)30/h3-8,13-16H,9-12H2,1-2H3,(H,32,34). The van der Waals surface area contributed by atoms with Crippen molar-refractivity contribution in [1.29, 1.82) is 0 Å². The number of hydrogen-bond donors (Lipinski definition) is 1. The van der Waals surface area contributed by atoms with Gasteiger partial charge in [0.1, 0.15) is 28.8 Å². The largest absolute Gasteiger partial charge is 0.366 e. The molecule has 0 spiro atoms. The molecule has 1 aliphatic rings. The number of nitrogens with zero attached hydrogens (tertiary/aromatic N) is 5. The van der Waals surface area contributed by atoms with E-state index >= 15 is 0 Å². The Morgan fingerprint density at radius 1 is 0.947 bits per heavy atom. The van der Waals surface area contributed by atoms with Crippen molar-refractivity contribution < 1.29 is 18.0 Å². The number of halogens is 3. The first-order valence-electron chi connectivity index (χ1n) is 12.4. The van der Waals surface area contributed by atoms with E-state index in [0.29, 0.717) is 54.6 Å². The van der Waals surface area contributed by atoms with Gasteiger partial charge in [0.25, 0.3) is 5.91 Å². The van der Waals surface area contributed by atoms with Gasteiger partial charge in [-0.2, -0.15) is 0 Å². The van der Waals surface area contributed by atoms with Crippen molar-refractivity contribution in [2.75, 3.05) is 31.1 Å². The van der Waals surface area contributed by atoms with E-state index < -0.39 is 11.6 Å². The van der Waals surface area contributed by atoms with Crippen LogP contribution in [0.25, 0.3) is 22.1 Å². The fraction of sp³-hybridized carbons (Fsp3) is 0.250. The van der Waals surface area contributed by atoms with Gasteiger partial charge < -0.3 is 19.4 Å². The molecule has 1 amide bonds. The van der Waals surface area contributed by atoms with Crippen LogP contribution in [0, 0.1) is 17.5 Å². The number of H-pyrrole nitrogens is 1. The quantitative estimate of drug-likeness (QED) is 0.364. The number of hydrogen-bond acceptors (Lipinski definition) is 4. The van der Waals surface area contributed by atoms with E-state index in [2.05, 4.69) is 9.97 Å². The molecule has 194 valence electrons. The SMILES string of the molecule is CC(c1nc2c(F)cc(F)cc2[nH]1)c1nc2ccc(C(=O)N3CCN(c4ccccc4F)CC3)cc2n1C. The molecule has 7 nitrogen and oxygen atoms in total. The Balaban J connectivity index is 1.23. The molecule has 2 aromatic heterocycles. The molecule has 1 unspecified atom stereocenters. The van der Waals surface area contributed by atoms with Gasteiger partial charge in [-0.1, -0.05) is 12.1 Å². The fourth-order valence-electron chi connectivity index (χ4n) is 5.16. The molecule has 3 aromatic carbocycles. The average molecular weight is 519 g/mol. The van der Waals surface area contributed by atoms with Crippen LogP contribution in [-0.4, -0.2) is 56.5 Å². The van der Waals surface area contributed by atoms with Crippen molar-refractivity contribution >= 4 is 33.7 Å². The van der Waals surface area contributed by atoms with Gasteiger partial charge in [0.05, 0.1) is 28.2 Å². The number of anilines is 1. The highest BCUT2D eigenvalue weighted by atomic mass is 19.1. The molecule has 5 aromatic rings. The number of para-hydroxylation sites is 1. The molecule has 1 saturated heterocycles. The normalized spacial score (nSPS) is 15.0. The Hall–Kier alpha value is -4.34. The molecule has 10 heteroatoms. The van der Waals surface area contributed by atoms with Crippen LogP contribution in [0.5, 0.6) is 0 Å². The molecule has 6 rings (SSSR count). The first-order valence-corrected chi connectivity index (χ1v) is 12.4. The predicted molar refractivity (Wildman–Crippen MR) is 139 cm³/mol. The second kappa shape index (κ2) is 9.20. The molecule has 1 atom stereocenters. The van der Waals surface area contributed by atoms with Gasteiger partial charge in [-0.25, -0.2) is 23.1 Å². The maximum absolute atomic E-state index is 14.2. The minimum Gasteiger partial charge on any atom is -0.366 e. The Morgan fingerprint density at radius 2 is 1.71 bits per heavy atom. The summed E-state index contributed by atoms with van der Waals surface area (Å²) < 4.78 is 43.9. The van der Waals surface area contributed by atoms with Gasteiger partial charge in [0.15, 0.2) is 5.82 Å². The number of aromatic amines is 1. The molecular weight excluding hydrogens is 493 g/mol. The van der Waals surface area contributed by atoms with E-state index in [1.165, 1.54) is 12.1 Å². The number of carbonyl (C=O) groups is 1. The molecule has 0 aliphatic carbocycles. The topological polar surface area (TPSA) is 70.1 Å². The summed E-state index contributed by atoms with van der Waals surface area (Å²) in [6.07, 6.45) is 0. The summed E-state index contributed by atoms with van der Waals surface area (Å²) in [5.41, 5.74) is 2.94. The lowest BCUT2D eigenvalue weighted by atomic mass is 10.1. The monoisotopic (exact) mass is 518 g/mol. The van der Waals surface area contributed by atoms with Crippen LogP contribution in [0.15, 0.2) is 54.6 Å². The maximum atomic E-state index is 14.2. The van der Waals surface area contributed by atoms with E-state index in [1.807, 2.05) is 35.6 Å². The number of aryl methyl sites for hydroxylation is 1. The Kier molecular flexibility index (Phi) is 5.81. The van der Waals surface area contributed by atoms with Gasteiger partial charge in [0, 0.05) is 44.9 Å². The van der Waals surface area contributed by atoms with Crippen LogP contribution in [0.3, 0.4) is 0 Å². The summed E-state index contributed by atoms with van der Waals surface area (Å²) in [6, 6.07) is 14.1. The van der Waals surface area contributed by atoms with E-state index in [9.17, 15) is 18.0 Å². The second-order valence-corrected chi connectivity index (χ2v) is 9.59. The van der Waals surface area contributed by atoms with E-state index in [1.54, 1.807) is 29.2 Å². The Bertz CT molecular complexity index is 1690. The Morgan fingerprint density at radius 3 is 2.47 bits per heavy atom. The summed E-state index contributed by atoms with van der Waals surface area (Å²) in [5.74, 6) is -0.962. The first-order chi connectivity index (χ1) is 18.3. The molecule has 38 heavy (non-hydrogen) atoms. The number of nitrogens with one attached hydrogen (secondary N) is 1. The van der Waals surface area contributed by atoms with Crippen LogP contribution in [0.2, 0.25) is 0 Å². The van der Waals surface area contributed by atoms with Gasteiger partial charge in [-0.15, -0.1) is 0 Å². The Labute approximate surface area is 216 Å². The highest BCUT2D eigenvalue weighted by Crippen LogP contribution is 2.28.